The van der Waals surface area contributed by atoms with Crippen LogP contribution in [0.4, 0.5) is 0 Å². The van der Waals surface area contributed by atoms with Crippen LogP contribution < -0.4 is 0 Å². The fourth-order valence-electron chi connectivity index (χ4n) is 11.0. The van der Waals surface area contributed by atoms with Gasteiger partial charge in [0, 0.05) is 59.7 Å². The Balaban J connectivity index is 1.09. The van der Waals surface area contributed by atoms with Crippen LogP contribution >= 0.6 is 0 Å². The number of nitrogens with zero attached hydrogens (tertiary/aromatic N) is 4. The molecule has 4 heteroatoms. The molecule has 9 aromatic carbocycles. The van der Waals surface area contributed by atoms with Gasteiger partial charge >= 0.3 is 0 Å². The van der Waals surface area contributed by atoms with Crippen LogP contribution in [0.3, 0.4) is 0 Å². The van der Waals surface area contributed by atoms with Gasteiger partial charge in [0.15, 0.2) is 0 Å². The van der Waals surface area contributed by atoms with Crippen molar-refractivity contribution in [2.24, 2.45) is 0 Å². The summed E-state index contributed by atoms with van der Waals surface area (Å²) < 4.78 is 7.36. The first-order valence-corrected chi connectivity index (χ1v) is 20.4. The molecule has 0 saturated carbocycles. The minimum atomic E-state index is 1.00. The second-order valence-corrected chi connectivity index (χ2v) is 16.3. The van der Waals surface area contributed by atoms with Crippen molar-refractivity contribution in [2.45, 2.75) is 0 Å². The highest BCUT2D eigenvalue weighted by molar-refractivity contribution is 6.33. The van der Waals surface area contributed by atoms with Crippen LogP contribution in [0.25, 0.3) is 137 Å². The van der Waals surface area contributed by atoms with Crippen molar-refractivity contribution in [1.82, 2.24) is 18.4 Å². The molecule has 0 unspecified atom stereocenters. The van der Waals surface area contributed by atoms with Crippen LogP contribution in [0.5, 0.6) is 0 Å². The summed E-state index contributed by atoms with van der Waals surface area (Å²) in [5, 5.41) is 16.2. The minimum absolute atomic E-state index is 1.00. The summed E-state index contributed by atoms with van der Waals surface area (Å²) in [5.74, 6) is 0. The second kappa shape index (κ2) is 10.5. The molecule has 0 radical (unpaired) electrons. The van der Waals surface area contributed by atoms with E-state index in [9.17, 15) is 0 Å². The number of fused-ring (bicyclic) bond motifs is 18. The molecule has 0 aliphatic carbocycles. The fourth-order valence-corrected chi connectivity index (χ4v) is 11.0. The van der Waals surface area contributed by atoms with Gasteiger partial charge in [-0.05, 0) is 81.7 Å². The molecular formula is C55H30N4. The Hall–Kier alpha value is -7.95. The van der Waals surface area contributed by atoms with E-state index >= 15 is 0 Å². The molecule has 0 aliphatic heterocycles. The van der Waals surface area contributed by atoms with Crippen LogP contribution in [0.2, 0.25) is 0 Å². The molecule has 0 spiro atoms. The lowest BCUT2D eigenvalue weighted by Crippen LogP contribution is -1.93. The first-order chi connectivity index (χ1) is 29.3. The van der Waals surface area contributed by atoms with Crippen molar-refractivity contribution >= 4 is 120 Å². The Morgan fingerprint density at radius 1 is 0.339 bits per heavy atom. The Morgan fingerprint density at radius 3 is 1.85 bits per heavy atom. The largest absolute Gasteiger partial charge is 0.309 e. The van der Waals surface area contributed by atoms with E-state index in [1.54, 1.807) is 0 Å². The molecule has 0 N–H and O–H groups in total. The number of hydrogen-bond donors (Lipinski definition) is 0. The zero-order valence-electron chi connectivity index (χ0n) is 31.6. The molecule has 0 atom stereocenters. The van der Waals surface area contributed by atoms with Gasteiger partial charge in [-0.15, -0.1) is 0 Å². The molecule has 4 nitrogen and oxygen atoms in total. The van der Waals surface area contributed by atoms with Crippen LogP contribution in [0, 0.1) is 0 Å². The molecule has 15 aromatic rings. The molecule has 0 bridgehead atoms. The highest BCUT2D eigenvalue weighted by atomic mass is 15.0. The average molecular weight is 747 g/mol. The normalized spacial score (nSPS) is 12.7. The molecule has 6 aromatic heterocycles. The number of hydrogen-bond acceptors (Lipinski definition) is 1. The van der Waals surface area contributed by atoms with E-state index in [0.717, 1.165) is 16.7 Å². The second-order valence-electron chi connectivity index (χ2n) is 16.3. The predicted molar refractivity (Wildman–Crippen MR) is 248 cm³/mol. The van der Waals surface area contributed by atoms with Crippen LogP contribution in [0.15, 0.2) is 182 Å². The number of rotatable bonds is 2. The van der Waals surface area contributed by atoms with Gasteiger partial charge in [0.1, 0.15) is 5.65 Å². The summed E-state index contributed by atoms with van der Waals surface area (Å²) in [6.45, 7) is 0. The zero-order valence-corrected chi connectivity index (χ0v) is 31.6. The molecule has 270 valence electrons. The first-order valence-electron chi connectivity index (χ1n) is 20.4. The van der Waals surface area contributed by atoms with Crippen molar-refractivity contribution < 1.29 is 0 Å². The van der Waals surface area contributed by atoms with Crippen molar-refractivity contribution in [3.05, 3.63) is 182 Å². The number of pyridine rings is 1. The minimum Gasteiger partial charge on any atom is -0.309 e. The summed E-state index contributed by atoms with van der Waals surface area (Å²) >= 11 is 0. The Bertz CT molecular complexity index is 4300. The van der Waals surface area contributed by atoms with E-state index in [1.165, 1.54) is 120 Å². The SMILES string of the molecule is c1ccc(-n2c3ccccc3c3cc(-c4cccc5c6cccc7c8cc9c(nc8n(c45)c76)c4c5ccccc5cc5c6cc7ccccc7cc6n9c54)ccc32)cc1. The van der Waals surface area contributed by atoms with Crippen molar-refractivity contribution in [2.75, 3.05) is 0 Å². The standard InChI is InChI=1S/C55H30N4/c1-2-15-35(16-3-1)57-46-23-9-8-18-38(46)42-27-34(24-25-47(42)57)37-19-10-20-39-40-21-11-22-41-45-30-49-51(56-55(45)59(52(37)39)53(40)41)50-36-17-7-6-14-33(36)28-44-43-26-31-12-4-5-13-32(31)29-48(43)58(49)54(44)50/h1-30H. The van der Waals surface area contributed by atoms with Gasteiger partial charge in [0.25, 0.3) is 0 Å². The molecule has 6 heterocycles. The monoisotopic (exact) mass is 746 g/mol. The van der Waals surface area contributed by atoms with Gasteiger partial charge in [0.2, 0.25) is 0 Å². The van der Waals surface area contributed by atoms with Gasteiger partial charge in [-0.25, -0.2) is 4.98 Å². The molecule has 0 saturated heterocycles. The average Bonchev–Trinajstić information content (AvgIpc) is 4.08. The van der Waals surface area contributed by atoms with E-state index in [4.69, 9.17) is 4.98 Å². The number of benzene rings is 9. The third-order valence-corrected chi connectivity index (χ3v) is 13.4. The molecule has 0 aliphatic rings. The van der Waals surface area contributed by atoms with E-state index in [1.807, 2.05) is 0 Å². The maximum atomic E-state index is 5.83. The fraction of sp³-hybridized carbons (Fsp3) is 0. The lowest BCUT2D eigenvalue weighted by molar-refractivity contribution is 1.18. The van der Waals surface area contributed by atoms with Crippen LogP contribution in [-0.2, 0) is 0 Å². The van der Waals surface area contributed by atoms with Crippen LogP contribution in [-0.4, -0.2) is 18.4 Å². The van der Waals surface area contributed by atoms with Gasteiger partial charge in [0.05, 0.1) is 44.1 Å². The maximum Gasteiger partial charge on any atom is 0.146 e. The van der Waals surface area contributed by atoms with E-state index in [0.29, 0.717) is 0 Å². The maximum absolute atomic E-state index is 5.83. The molecule has 0 amide bonds. The smallest absolute Gasteiger partial charge is 0.146 e. The summed E-state index contributed by atoms with van der Waals surface area (Å²) in [7, 11) is 0. The van der Waals surface area contributed by atoms with Gasteiger partial charge in [-0.3, -0.25) is 4.40 Å². The molecule has 0 fully saturated rings. The van der Waals surface area contributed by atoms with Crippen molar-refractivity contribution in [3.63, 3.8) is 0 Å². The van der Waals surface area contributed by atoms with Gasteiger partial charge in [-0.2, -0.15) is 0 Å². The molecular weight excluding hydrogens is 717 g/mol. The Kier molecular flexibility index (Phi) is 5.38. The summed E-state index contributed by atoms with van der Waals surface area (Å²) in [6.07, 6.45) is 0. The summed E-state index contributed by atoms with van der Waals surface area (Å²) in [5.41, 5.74) is 14.1. The van der Waals surface area contributed by atoms with Crippen LogP contribution in [0.1, 0.15) is 0 Å². The highest BCUT2D eigenvalue weighted by Gasteiger charge is 2.26. The highest BCUT2D eigenvalue weighted by Crippen LogP contribution is 2.47. The number of para-hydroxylation sites is 4. The van der Waals surface area contributed by atoms with Gasteiger partial charge < -0.3 is 8.97 Å². The summed E-state index contributed by atoms with van der Waals surface area (Å²) in [4.78, 5) is 5.83. The topological polar surface area (TPSA) is 26.6 Å². The molecule has 59 heavy (non-hydrogen) atoms. The van der Waals surface area contributed by atoms with Crippen molar-refractivity contribution in [1.29, 1.82) is 0 Å². The molecule has 15 rings (SSSR count). The third-order valence-electron chi connectivity index (χ3n) is 13.4. The first kappa shape index (κ1) is 30.2. The van der Waals surface area contributed by atoms with E-state index < -0.39 is 0 Å². The lowest BCUT2D eigenvalue weighted by Gasteiger charge is -2.09. The Labute approximate surface area is 335 Å². The Morgan fingerprint density at radius 2 is 0.983 bits per heavy atom. The van der Waals surface area contributed by atoms with E-state index in [-0.39, 0.29) is 0 Å². The third kappa shape index (κ3) is 3.65. The van der Waals surface area contributed by atoms with Crippen molar-refractivity contribution in [3.8, 4) is 16.8 Å². The summed E-state index contributed by atoms with van der Waals surface area (Å²) in [6, 6.07) is 67.2. The quantitative estimate of drug-likeness (QED) is 0.173. The van der Waals surface area contributed by atoms with E-state index in [2.05, 4.69) is 195 Å². The lowest BCUT2D eigenvalue weighted by atomic mass is 9.99. The predicted octanol–water partition coefficient (Wildman–Crippen LogP) is 14.5. The zero-order chi connectivity index (χ0) is 38.1. The van der Waals surface area contributed by atoms with Gasteiger partial charge in [-0.1, -0.05) is 127 Å². The number of aromatic nitrogens is 4.